The Morgan fingerprint density at radius 1 is 1.47 bits per heavy atom. The Balaban J connectivity index is 2.23. The molecule has 1 aliphatic heterocycles. The minimum atomic E-state index is 0.00519. The van der Waals surface area contributed by atoms with Crippen molar-refractivity contribution in [1.29, 1.82) is 0 Å². The maximum absolute atomic E-state index is 5.77. The van der Waals surface area contributed by atoms with Crippen LogP contribution in [0.2, 0.25) is 0 Å². The lowest BCUT2D eigenvalue weighted by Gasteiger charge is -2.48. The summed E-state index contributed by atoms with van der Waals surface area (Å²) in [4.78, 5) is 0. The fourth-order valence-electron chi connectivity index (χ4n) is 3.20. The van der Waals surface area contributed by atoms with Gasteiger partial charge in [-0.1, -0.05) is 18.6 Å². The van der Waals surface area contributed by atoms with Gasteiger partial charge in [0.25, 0.3) is 0 Å². The van der Waals surface area contributed by atoms with E-state index in [4.69, 9.17) is 9.47 Å². The summed E-state index contributed by atoms with van der Waals surface area (Å²) in [5, 5.41) is 0. The molecular weight excluding hydrogens is 188 g/mol. The molecule has 0 aromatic rings. The Bertz CT molecular complexity index is 259. The van der Waals surface area contributed by atoms with Crippen LogP contribution in [0.3, 0.4) is 0 Å². The van der Waals surface area contributed by atoms with Crippen LogP contribution in [-0.4, -0.2) is 20.0 Å². The van der Waals surface area contributed by atoms with Crippen LogP contribution in [0.5, 0.6) is 0 Å². The second kappa shape index (κ2) is 4.26. The van der Waals surface area contributed by atoms with Crippen LogP contribution in [0, 0.1) is 11.3 Å². The third kappa shape index (κ3) is 1.85. The number of ether oxygens (including phenoxy) is 2. The van der Waals surface area contributed by atoms with Crippen molar-refractivity contribution in [3.05, 3.63) is 11.6 Å². The lowest BCUT2D eigenvalue weighted by atomic mass is 9.64. The van der Waals surface area contributed by atoms with Crippen LogP contribution >= 0.6 is 0 Å². The van der Waals surface area contributed by atoms with E-state index in [1.807, 2.05) is 0 Å². The molecule has 0 unspecified atom stereocenters. The molecule has 1 aliphatic carbocycles. The molecule has 2 aliphatic rings. The minimum absolute atomic E-state index is 0.00519. The van der Waals surface area contributed by atoms with Crippen LogP contribution in [0.15, 0.2) is 11.6 Å². The lowest BCUT2D eigenvalue weighted by Crippen LogP contribution is -2.47. The quantitative estimate of drug-likeness (QED) is 0.619. The van der Waals surface area contributed by atoms with Gasteiger partial charge in [-0.2, -0.15) is 0 Å². The maximum atomic E-state index is 5.77. The molecule has 0 N–H and O–H groups in total. The van der Waals surface area contributed by atoms with Crippen molar-refractivity contribution in [2.75, 3.05) is 13.7 Å². The van der Waals surface area contributed by atoms with E-state index in [1.165, 1.54) is 31.3 Å². The molecule has 0 saturated carbocycles. The van der Waals surface area contributed by atoms with Crippen LogP contribution in [0.25, 0.3) is 0 Å². The summed E-state index contributed by atoms with van der Waals surface area (Å²) in [6.07, 6.45) is 7.26. The first-order valence-electron chi connectivity index (χ1n) is 6.01. The third-order valence-corrected chi connectivity index (χ3v) is 4.17. The molecule has 2 heteroatoms. The summed E-state index contributed by atoms with van der Waals surface area (Å²) in [6.45, 7) is 5.40. The number of hydrogen-bond donors (Lipinski definition) is 0. The third-order valence-electron chi connectivity index (χ3n) is 4.17. The summed E-state index contributed by atoms with van der Waals surface area (Å²) < 4.78 is 11.3. The number of methoxy groups -OCH3 is 1. The van der Waals surface area contributed by atoms with Crippen molar-refractivity contribution in [3.8, 4) is 0 Å². The van der Waals surface area contributed by atoms with Gasteiger partial charge in [0.05, 0.1) is 0 Å². The highest BCUT2D eigenvalue weighted by atomic mass is 16.7. The van der Waals surface area contributed by atoms with Gasteiger partial charge in [-0.3, -0.25) is 0 Å². The maximum Gasteiger partial charge on any atom is 0.163 e. The highest BCUT2D eigenvalue weighted by Gasteiger charge is 2.46. The van der Waals surface area contributed by atoms with E-state index < -0.39 is 0 Å². The molecule has 2 rings (SSSR count). The smallest absolute Gasteiger partial charge is 0.163 e. The van der Waals surface area contributed by atoms with Crippen molar-refractivity contribution in [1.82, 2.24) is 0 Å². The molecule has 0 bridgehead atoms. The number of allylic oxidation sites excluding steroid dienone is 2. The Labute approximate surface area is 92.6 Å². The van der Waals surface area contributed by atoms with Crippen molar-refractivity contribution in [2.24, 2.45) is 11.3 Å². The van der Waals surface area contributed by atoms with Gasteiger partial charge in [-0.25, -0.2) is 0 Å². The Morgan fingerprint density at radius 2 is 2.27 bits per heavy atom. The predicted molar refractivity (Wildman–Crippen MR) is 60.6 cm³/mol. The second-order valence-corrected chi connectivity index (χ2v) is 5.08. The average molecular weight is 210 g/mol. The Kier molecular flexibility index (Phi) is 3.17. The molecule has 1 spiro atoms. The van der Waals surface area contributed by atoms with E-state index in [0.29, 0.717) is 5.92 Å². The normalized spacial score (nSPS) is 41.7. The van der Waals surface area contributed by atoms with Crippen LogP contribution < -0.4 is 0 Å². The zero-order chi connectivity index (χ0) is 10.9. The van der Waals surface area contributed by atoms with E-state index in [1.54, 1.807) is 7.11 Å². The van der Waals surface area contributed by atoms with Gasteiger partial charge < -0.3 is 9.47 Å². The van der Waals surface area contributed by atoms with Gasteiger partial charge in [0.2, 0.25) is 0 Å². The molecule has 15 heavy (non-hydrogen) atoms. The van der Waals surface area contributed by atoms with Crippen molar-refractivity contribution in [2.45, 2.75) is 45.8 Å². The van der Waals surface area contributed by atoms with Crippen LogP contribution in [-0.2, 0) is 9.47 Å². The second-order valence-electron chi connectivity index (χ2n) is 5.08. The van der Waals surface area contributed by atoms with Gasteiger partial charge in [0.15, 0.2) is 6.29 Å². The van der Waals surface area contributed by atoms with Crippen LogP contribution in [0.1, 0.15) is 39.5 Å². The summed E-state index contributed by atoms with van der Waals surface area (Å²) in [6, 6.07) is 0. The first kappa shape index (κ1) is 11.2. The van der Waals surface area contributed by atoms with E-state index in [9.17, 15) is 0 Å². The fraction of sp³-hybridized carbons (Fsp3) is 0.846. The van der Waals surface area contributed by atoms with E-state index in [-0.39, 0.29) is 11.7 Å². The molecule has 2 nitrogen and oxygen atoms in total. The molecule has 0 aromatic carbocycles. The zero-order valence-electron chi connectivity index (χ0n) is 10.1. The van der Waals surface area contributed by atoms with Gasteiger partial charge in [0, 0.05) is 19.1 Å². The minimum Gasteiger partial charge on any atom is -0.355 e. The fourth-order valence-corrected chi connectivity index (χ4v) is 3.20. The monoisotopic (exact) mass is 210 g/mol. The molecular formula is C13H22O2. The molecule has 1 fully saturated rings. The number of rotatable bonds is 1. The van der Waals surface area contributed by atoms with Crippen molar-refractivity contribution in [3.63, 3.8) is 0 Å². The van der Waals surface area contributed by atoms with E-state index in [0.717, 1.165) is 6.61 Å². The highest BCUT2D eigenvalue weighted by Crippen LogP contribution is 2.49. The molecule has 1 saturated heterocycles. The first-order valence-corrected chi connectivity index (χ1v) is 6.01. The summed E-state index contributed by atoms with van der Waals surface area (Å²) in [7, 11) is 1.77. The van der Waals surface area contributed by atoms with E-state index >= 15 is 0 Å². The van der Waals surface area contributed by atoms with E-state index in [2.05, 4.69) is 19.9 Å². The molecule has 3 atom stereocenters. The Morgan fingerprint density at radius 3 is 2.93 bits per heavy atom. The molecule has 0 radical (unpaired) electrons. The number of hydrogen-bond acceptors (Lipinski definition) is 2. The van der Waals surface area contributed by atoms with Gasteiger partial charge in [-0.15, -0.1) is 0 Å². The van der Waals surface area contributed by atoms with Crippen LogP contribution in [0.4, 0.5) is 0 Å². The SMILES string of the molecule is CO[C@H]1OCCC[C@@]12CCC(C)=C[C@H]2C. The van der Waals surface area contributed by atoms with Crippen molar-refractivity contribution < 1.29 is 9.47 Å². The molecule has 1 heterocycles. The molecule has 86 valence electrons. The van der Waals surface area contributed by atoms with Gasteiger partial charge in [-0.05, 0) is 38.5 Å². The lowest BCUT2D eigenvalue weighted by molar-refractivity contribution is -0.233. The van der Waals surface area contributed by atoms with Crippen molar-refractivity contribution >= 4 is 0 Å². The molecule has 0 amide bonds. The average Bonchev–Trinajstić information content (AvgIpc) is 2.25. The summed E-state index contributed by atoms with van der Waals surface area (Å²) in [5.41, 5.74) is 1.76. The Hall–Kier alpha value is -0.340. The standard InChI is InChI=1S/C13H22O2/c1-10-5-7-13(11(2)9-10)6-4-8-15-12(13)14-3/h9,11-12H,4-8H2,1-3H3/t11-,12+,13+/m1/s1. The summed E-state index contributed by atoms with van der Waals surface area (Å²) >= 11 is 0. The van der Waals surface area contributed by atoms with Gasteiger partial charge in [0.1, 0.15) is 0 Å². The topological polar surface area (TPSA) is 18.5 Å². The summed E-state index contributed by atoms with van der Waals surface area (Å²) in [5.74, 6) is 0.580. The highest BCUT2D eigenvalue weighted by molar-refractivity contribution is 5.12. The molecule has 0 aromatic heterocycles. The first-order chi connectivity index (χ1) is 7.19. The largest absolute Gasteiger partial charge is 0.355 e. The van der Waals surface area contributed by atoms with Gasteiger partial charge >= 0.3 is 0 Å². The predicted octanol–water partition coefficient (Wildman–Crippen LogP) is 3.13. The zero-order valence-corrected chi connectivity index (χ0v) is 10.1.